The third-order valence-corrected chi connectivity index (χ3v) is 2.37. The van der Waals surface area contributed by atoms with Gasteiger partial charge in [0.2, 0.25) is 0 Å². The Labute approximate surface area is 89.6 Å². The van der Waals surface area contributed by atoms with Crippen LogP contribution in [0.2, 0.25) is 0 Å². The molecule has 0 fully saturated rings. The number of aromatic nitrogens is 1. The second kappa shape index (κ2) is 5.55. The highest BCUT2D eigenvalue weighted by atomic mass is 32.1. The van der Waals surface area contributed by atoms with Gasteiger partial charge in [0, 0.05) is 17.1 Å². The molecule has 2 heteroatoms. The summed E-state index contributed by atoms with van der Waals surface area (Å²) in [6.45, 7) is 6.10. The van der Waals surface area contributed by atoms with Crippen LogP contribution in [-0.2, 0) is 0 Å². The number of aryl methyl sites for hydroxylation is 1. The summed E-state index contributed by atoms with van der Waals surface area (Å²) in [7, 11) is 0. The van der Waals surface area contributed by atoms with Crippen LogP contribution >= 0.6 is 11.5 Å². The fraction of sp³-hybridized carbons (Fsp3) is 0.250. The van der Waals surface area contributed by atoms with Gasteiger partial charge in [-0.15, -0.1) is 0 Å². The lowest BCUT2D eigenvalue weighted by Gasteiger charge is -1.97. The van der Waals surface area contributed by atoms with E-state index in [1.807, 2.05) is 20.0 Å². The second-order valence-electron chi connectivity index (χ2n) is 2.78. The molecular formula is C12H15NS. The zero-order valence-electron chi connectivity index (χ0n) is 8.82. The summed E-state index contributed by atoms with van der Waals surface area (Å²) in [5, 5.41) is 2.06. The first-order chi connectivity index (χ1) is 6.86. The molecule has 0 atom stereocenters. The molecule has 1 aromatic heterocycles. The molecule has 0 N–H and O–H groups in total. The van der Waals surface area contributed by atoms with Gasteiger partial charge in [0.15, 0.2) is 0 Å². The van der Waals surface area contributed by atoms with E-state index in [2.05, 4.69) is 40.9 Å². The van der Waals surface area contributed by atoms with Crippen molar-refractivity contribution in [3.8, 4) is 11.1 Å². The molecule has 14 heavy (non-hydrogen) atoms. The Morgan fingerprint density at radius 1 is 1.14 bits per heavy atom. The van der Waals surface area contributed by atoms with Crippen molar-refractivity contribution in [2.24, 2.45) is 0 Å². The van der Waals surface area contributed by atoms with Gasteiger partial charge in [-0.05, 0) is 24.0 Å². The lowest BCUT2D eigenvalue weighted by molar-refractivity contribution is 1.46. The van der Waals surface area contributed by atoms with E-state index < -0.39 is 0 Å². The van der Waals surface area contributed by atoms with Gasteiger partial charge < -0.3 is 0 Å². The molecule has 2 rings (SSSR count). The van der Waals surface area contributed by atoms with Crippen molar-refractivity contribution in [1.29, 1.82) is 0 Å². The van der Waals surface area contributed by atoms with Crippen LogP contribution in [0.3, 0.4) is 0 Å². The maximum atomic E-state index is 4.07. The van der Waals surface area contributed by atoms with Crippen LogP contribution in [0.5, 0.6) is 0 Å². The van der Waals surface area contributed by atoms with Gasteiger partial charge in [-0.1, -0.05) is 43.7 Å². The molecule has 0 amide bonds. The molecule has 1 aromatic carbocycles. The smallest absolute Gasteiger partial charge is 0.0485 e. The molecule has 0 aliphatic rings. The topological polar surface area (TPSA) is 12.9 Å². The quantitative estimate of drug-likeness (QED) is 0.681. The SMILES string of the molecule is CC.Cc1cccc(-c2cnsc2)c1. The molecule has 0 aliphatic carbocycles. The van der Waals surface area contributed by atoms with Gasteiger partial charge in [-0.25, -0.2) is 4.37 Å². The molecule has 1 nitrogen and oxygen atoms in total. The number of hydrogen-bond donors (Lipinski definition) is 0. The Kier molecular flexibility index (Phi) is 4.33. The molecular weight excluding hydrogens is 190 g/mol. The van der Waals surface area contributed by atoms with Gasteiger partial charge in [0.25, 0.3) is 0 Å². The monoisotopic (exact) mass is 205 g/mol. The predicted molar refractivity (Wildman–Crippen MR) is 63.6 cm³/mol. The summed E-state index contributed by atoms with van der Waals surface area (Å²) in [5.74, 6) is 0. The van der Waals surface area contributed by atoms with Crippen molar-refractivity contribution < 1.29 is 0 Å². The molecule has 0 bridgehead atoms. The van der Waals surface area contributed by atoms with Gasteiger partial charge in [0.1, 0.15) is 0 Å². The Morgan fingerprint density at radius 2 is 1.93 bits per heavy atom. The molecule has 1 heterocycles. The highest BCUT2D eigenvalue weighted by Gasteiger charge is 1.97. The molecule has 74 valence electrons. The van der Waals surface area contributed by atoms with Crippen molar-refractivity contribution >= 4 is 11.5 Å². The first-order valence-corrected chi connectivity index (χ1v) is 5.66. The number of nitrogens with zero attached hydrogens (tertiary/aromatic N) is 1. The average molecular weight is 205 g/mol. The van der Waals surface area contributed by atoms with E-state index in [1.54, 1.807) is 0 Å². The van der Waals surface area contributed by atoms with E-state index in [-0.39, 0.29) is 0 Å². The molecule has 0 saturated carbocycles. The Hall–Kier alpha value is -1.15. The standard InChI is InChI=1S/C10H9NS.C2H6/c1-8-3-2-4-9(5-8)10-6-11-12-7-10;1-2/h2-7H,1H3;1-2H3. The number of rotatable bonds is 1. The van der Waals surface area contributed by atoms with Crippen molar-refractivity contribution in [3.05, 3.63) is 41.4 Å². The number of hydrogen-bond acceptors (Lipinski definition) is 2. The normalized spacial score (nSPS) is 9.07. The minimum Gasteiger partial charge on any atom is -0.201 e. The zero-order chi connectivity index (χ0) is 10.4. The average Bonchev–Trinajstić information content (AvgIpc) is 2.74. The fourth-order valence-electron chi connectivity index (χ4n) is 1.17. The van der Waals surface area contributed by atoms with Gasteiger partial charge in [-0.2, -0.15) is 0 Å². The van der Waals surface area contributed by atoms with E-state index >= 15 is 0 Å². The molecule has 0 saturated heterocycles. The Morgan fingerprint density at radius 3 is 2.50 bits per heavy atom. The minimum absolute atomic E-state index is 1.21. The molecule has 0 unspecified atom stereocenters. The zero-order valence-corrected chi connectivity index (χ0v) is 9.64. The molecule has 0 radical (unpaired) electrons. The third-order valence-electron chi connectivity index (χ3n) is 1.78. The van der Waals surface area contributed by atoms with E-state index in [1.165, 1.54) is 28.2 Å². The van der Waals surface area contributed by atoms with E-state index in [4.69, 9.17) is 0 Å². The largest absolute Gasteiger partial charge is 0.201 e. The summed E-state index contributed by atoms with van der Waals surface area (Å²) in [5.41, 5.74) is 3.76. The van der Waals surface area contributed by atoms with Crippen LogP contribution in [0.4, 0.5) is 0 Å². The van der Waals surface area contributed by atoms with Gasteiger partial charge in [0.05, 0.1) is 0 Å². The summed E-state index contributed by atoms with van der Waals surface area (Å²) in [6.07, 6.45) is 1.90. The Bertz CT molecular complexity index is 366. The summed E-state index contributed by atoms with van der Waals surface area (Å²) in [6, 6.07) is 8.45. The lowest BCUT2D eigenvalue weighted by atomic mass is 10.1. The van der Waals surface area contributed by atoms with Gasteiger partial charge >= 0.3 is 0 Å². The van der Waals surface area contributed by atoms with Crippen molar-refractivity contribution in [1.82, 2.24) is 4.37 Å². The summed E-state index contributed by atoms with van der Waals surface area (Å²) < 4.78 is 4.07. The highest BCUT2D eigenvalue weighted by molar-refractivity contribution is 7.03. The van der Waals surface area contributed by atoms with Crippen LogP contribution in [0.1, 0.15) is 19.4 Å². The van der Waals surface area contributed by atoms with E-state index in [0.717, 1.165) is 0 Å². The first-order valence-electron chi connectivity index (χ1n) is 4.83. The first kappa shape index (κ1) is 10.9. The molecule has 0 spiro atoms. The second-order valence-corrected chi connectivity index (χ2v) is 3.44. The molecule has 2 aromatic rings. The minimum atomic E-state index is 1.21. The lowest BCUT2D eigenvalue weighted by Crippen LogP contribution is -1.75. The maximum absolute atomic E-state index is 4.07. The van der Waals surface area contributed by atoms with Crippen LogP contribution in [0, 0.1) is 6.92 Å². The maximum Gasteiger partial charge on any atom is 0.0485 e. The van der Waals surface area contributed by atoms with E-state index in [9.17, 15) is 0 Å². The fourth-order valence-corrected chi connectivity index (χ4v) is 1.72. The van der Waals surface area contributed by atoms with Crippen molar-refractivity contribution in [2.75, 3.05) is 0 Å². The van der Waals surface area contributed by atoms with Crippen molar-refractivity contribution in [2.45, 2.75) is 20.8 Å². The van der Waals surface area contributed by atoms with E-state index in [0.29, 0.717) is 0 Å². The summed E-state index contributed by atoms with van der Waals surface area (Å²) in [4.78, 5) is 0. The van der Waals surface area contributed by atoms with Crippen LogP contribution in [-0.4, -0.2) is 4.37 Å². The van der Waals surface area contributed by atoms with Crippen LogP contribution in [0.25, 0.3) is 11.1 Å². The van der Waals surface area contributed by atoms with Crippen molar-refractivity contribution in [3.63, 3.8) is 0 Å². The van der Waals surface area contributed by atoms with Crippen LogP contribution < -0.4 is 0 Å². The Balaban J connectivity index is 0.000000461. The third kappa shape index (κ3) is 2.67. The predicted octanol–water partition coefficient (Wildman–Crippen LogP) is 4.14. The van der Waals surface area contributed by atoms with Gasteiger partial charge in [-0.3, -0.25) is 0 Å². The number of benzene rings is 1. The van der Waals surface area contributed by atoms with Crippen LogP contribution in [0.15, 0.2) is 35.8 Å². The summed E-state index contributed by atoms with van der Waals surface area (Å²) >= 11 is 1.49. The molecule has 0 aliphatic heterocycles. The highest BCUT2D eigenvalue weighted by Crippen LogP contribution is 2.20.